The van der Waals surface area contributed by atoms with Gasteiger partial charge in [0.2, 0.25) is 5.91 Å². The monoisotopic (exact) mass is 462 g/mol. The number of rotatable bonds is 7. The van der Waals surface area contributed by atoms with E-state index in [0.717, 1.165) is 17.9 Å². The summed E-state index contributed by atoms with van der Waals surface area (Å²) in [5.74, 6) is 1.81. The van der Waals surface area contributed by atoms with Crippen molar-refractivity contribution in [1.29, 1.82) is 0 Å². The molecule has 178 valence electrons. The first-order valence-corrected chi connectivity index (χ1v) is 11.5. The number of nitrogens with one attached hydrogen (secondary N) is 1. The van der Waals surface area contributed by atoms with Crippen molar-refractivity contribution in [3.63, 3.8) is 0 Å². The Kier molecular flexibility index (Phi) is 7.15. The summed E-state index contributed by atoms with van der Waals surface area (Å²) in [5, 5.41) is 7.58. The molecule has 34 heavy (non-hydrogen) atoms. The summed E-state index contributed by atoms with van der Waals surface area (Å²) in [7, 11) is 3.14. The van der Waals surface area contributed by atoms with Gasteiger partial charge in [-0.15, -0.1) is 5.10 Å². The molecule has 2 aromatic carbocycles. The third-order valence-electron chi connectivity index (χ3n) is 6.22. The number of aromatic nitrogens is 2. The molecule has 1 aliphatic rings. The molecular formula is C26H30N4O4. The van der Waals surface area contributed by atoms with Gasteiger partial charge in [-0.1, -0.05) is 19.1 Å². The van der Waals surface area contributed by atoms with E-state index >= 15 is 0 Å². The average molecular weight is 463 g/mol. The Labute approximate surface area is 199 Å². The number of ether oxygens (including phenoxy) is 2. The quantitative estimate of drug-likeness (QED) is 0.577. The molecule has 0 unspecified atom stereocenters. The molecule has 1 aliphatic heterocycles. The first-order valence-electron chi connectivity index (χ1n) is 11.5. The van der Waals surface area contributed by atoms with Crippen LogP contribution in [0.5, 0.6) is 11.5 Å². The Morgan fingerprint density at radius 1 is 1.00 bits per heavy atom. The molecule has 1 saturated heterocycles. The van der Waals surface area contributed by atoms with Crippen LogP contribution in [0.3, 0.4) is 0 Å². The fraction of sp³-hybridized carbons (Fsp3) is 0.346. The molecule has 2 heterocycles. The second-order valence-electron chi connectivity index (χ2n) is 8.28. The van der Waals surface area contributed by atoms with Crippen molar-refractivity contribution in [3.05, 3.63) is 70.5 Å². The lowest BCUT2D eigenvalue weighted by Crippen LogP contribution is -2.39. The van der Waals surface area contributed by atoms with E-state index in [1.165, 1.54) is 10.2 Å². The Bertz CT molecular complexity index is 1200. The van der Waals surface area contributed by atoms with Crippen LogP contribution < -0.4 is 25.2 Å². The van der Waals surface area contributed by atoms with Crippen molar-refractivity contribution in [2.75, 3.05) is 37.5 Å². The van der Waals surface area contributed by atoms with Gasteiger partial charge in [0.05, 0.1) is 19.9 Å². The molecule has 8 nitrogen and oxygen atoms in total. The van der Waals surface area contributed by atoms with Gasteiger partial charge in [0, 0.05) is 36.8 Å². The van der Waals surface area contributed by atoms with Crippen LogP contribution in [0.25, 0.3) is 5.69 Å². The normalized spacial score (nSPS) is 14.0. The number of piperidine rings is 1. The number of benzene rings is 2. The summed E-state index contributed by atoms with van der Waals surface area (Å²) in [4.78, 5) is 27.4. The van der Waals surface area contributed by atoms with E-state index in [2.05, 4.69) is 22.2 Å². The number of anilines is 2. The Hall–Kier alpha value is -3.81. The molecule has 0 radical (unpaired) electrons. The zero-order valence-corrected chi connectivity index (χ0v) is 19.8. The molecule has 0 aliphatic carbocycles. The second kappa shape index (κ2) is 10.4. The molecule has 4 rings (SSSR count). The summed E-state index contributed by atoms with van der Waals surface area (Å²) in [6, 6.07) is 16.5. The smallest absolute Gasteiger partial charge is 0.271 e. The van der Waals surface area contributed by atoms with Crippen LogP contribution in [0.15, 0.2) is 59.4 Å². The van der Waals surface area contributed by atoms with Crippen LogP contribution in [0.2, 0.25) is 0 Å². The lowest BCUT2D eigenvalue weighted by atomic mass is 9.96. The molecule has 1 amide bonds. The summed E-state index contributed by atoms with van der Waals surface area (Å²) < 4.78 is 12.0. The highest BCUT2D eigenvalue weighted by Crippen LogP contribution is 2.30. The summed E-state index contributed by atoms with van der Waals surface area (Å²) in [6.07, 6.45) is 2.34. The van der Waals surface area contributed by atoms with E-state index in [1.54, 1.807) is 44.6 Å². The predicted molar refractivity (Wildman–Crippen MR) is 132 cm³/mol. The minimum Gasteiger partial charge on any atom is -0.493 e. The standard InChI is InChI=1S/C26H30N4O4/c1-4-18-5-8-21(9-6-18)30-25(31)12-11-24(28-30)29-15-13-19(14-16-29)26(32)27-20-7-10-22(33-2)23(17-20)34-3/h5-12,17,19H,4,13-16H2,1-3H3,(H,27,32). The van der Waals surface area contributed by atoms with Crippen molar-refractivity contribution in [3.8, 4) is 17.2 Å². The molecule has 0 bridgehead atoms. The third-order valence-corrected chi connectivity index (χ3v) is 6.22. The van der Waals surface area contributed by atoms with E-state index in [0.29, 0.717) is 43.1 Å². The maximum atomic E-state index is 12.8. The van der Waals surface area contributed by atoms with Crippen molar-refractivity contribution >= 4 is 17.4 Å². The lowest BCUT2D eigenvalue weighted by Gasteiger charge is -2.32. The molecule has 1 aromatic heterocycles. The van der Waals surface area contributed by atoms with Crippen LogP contribution in [-0.2, 0) is 11.2 Å². The van der Waals surface area contributed by atoms with E-state index in [1.807, 2.05) is 24.3 Å². The van der Waals surface area contributed by atoms with E-state index in [-0.39, 0.29) is 17.4 Å². The fourth-order valence-corrected chi connectivity index (χ4v) is 4.16. The van der Waals surface area contributed by atoms with Crippen LogP contribution in [0.1, 0.15) is 25.3 Å². The minimum absolute atomic E-state index is 0.0131. The number of carbonyl (C=O) groups excluding carboxylic acids is 1. The number of nitrogens with zero attached hydrogens (tertiary/aromatic N) is 3. The van der Waals surface area contributed by atoms with Crippen molar-refractivity contribution in [1.82, 2.24) is 9.78 Å². The Morgan fingerprint density at radius 2 is 1.71 bits per heavy atom. The van der Waals surface area contributed by atoms with Crippen molar-refractivity contribution in [2.45, 2.75) is 26.2 Å². The maximum absolute atomic E-state index is 12.8. The largest absolute Gasteiger partial charge is 0.493 e. The van der Waals surface area contributed by atoms with Crippen LogP contribution in [-0.4, -0.2) is 43.0 Å². The zero-order valence-electron chi connectivity index (χ0n) is 19.8. The van der Waals surface area contributed by atoms with Gasteiger partial charge in [-0.25, -0.2) is 0 Å². The molecular weight excluding hydrogens is 432 g/mol. The highest BCUT2D eigenvalue weighted by molar-refractivity contribution is 5.93. The van der Waals surface area contributed by atoms with Gasteiger partial charge in [0.15, 0.2) is 11.5 Å². The topological polar surface area (TPSA) is 85.7 Å². The first-order chi connectivity index (χ1) is 16.5. The molecule has 0 spiro atoms. The Morgan fingerprint density at radius 3 is 2.35 bits per heavy atom. The molecule has 3 aromatic rings. The van der Waals surface area contributed by atoms with Crippen molar-refractivity contribution in [2.24, 2.45) is 5.92 Å². The van der Waals surface area contributed by atoms with E-state index in [4.69, 9.17) is 9.47 Å². The number of hydrogen-bond donors (Lipinski definition) is 1. The number of methoxy groups -OCH3 is 2. The van der Waals surface area contributed by atoms with Crippen LogP contribution in [0.4, 0.5) is 11.5 Å². The predicted octanol–water partition coefficient (Wildman–Crippen LogP) is 3.67. The molecule has 0 atom stereocenters. The lowest BCUT2D eigenvalue weighted by molar-refractivity contribution is -0.120. The van der Waals surface area contributed by atoms with Gasteiger partial charge in [0.1, 0.15) is 5.82 Å². The minimum atomic E-state index is -0.169. The van der Waals surface area contributed by atoms with Gasteiger partial charge >= 0.3 is 0 Å². The molecule has 1 N–H and O–H groups in total. The zero-order chi connectivity index (χ0) is 24.1. The number of aryl methyl sites for hydroxylation is 1. The summed E-state index contributed by atoms with van der Waals surface area (Å²) in [6.45, 7) is 3.46. The van der Waals surface area contributed by atoms with Crippen LogP contribution in [0, 0.1) is 5.92 Å². The van der Waals surface area contributed by atoms with E-state index in [9.17, 15) is 9.59 Å². The maximum Gasteiger partial charge on any atom is 0.271 e. The Balaban J connectivity index is 1.40. The molecule has 0 saturated carbocycles. The van der Waals surface area contributed by atoms with E-state index < -0.39 is 0 Å². The number of carbonyl (C=O) groups is 1. The summed E-state index contributed by atoms with van der Waals surface area (Å²) in [5.41, 5.74) is 2.46. The molecule has 8 heteroatoms. The fourth-order valence-electron chi connectivity index (χ4n) is 4.16. The summed E-state index contributed by atoms with van der Waals surface area (Å²) >= 11 is 0. The van der Waals surface area contributed by atoms with Gasteiger partial charge < -0.3 is 19.7 Å². The highest BCUT2D eigenvalue weighted by atomic mass is 16.5. The number of amides is 1. The third kappa shape index (κ3) is 5.06. The van der Waals surface area contributed by atoms with Crippen molar-refractivity contribution < 1.29 is 14.3 Å². The van der Waals surface area contributed by atoms with Gasteiger partial charge in [-0.05, 0) is 55.2 Å². The second-order valence-corrected chi connectivity index (χ2v) is 8.28. The molecule has 1 fully saturated rings. The first kappa shape index (κ1) is 23.4. The SMILES string of the molecule is CCc1ccc(-n2nc(N3CCC(C(=O)Nc4ccc(OC)c(OC)c4)CC3)ccc2=O)cc1. The van der Waals surface area contributed by atoms with Gasteiger partial charge in [0.25, 0.3) is 5.56 Å². The van der Waals surface area contributed by atoms with Gasteiger partial charge in [-0.2, -0.15) is 4.68 Å². The van der Waals surface area contributed by atoms with Gasteiger partial charge in [-0.3, -0.25) is 9.59 Å². The highest BCUT2D eigenvalue weighted by Gasteiger charge is 2.26. The average Bonchev–Trinajstić information content (AvgIpc) is 2.89. The number of hydrogen-bond acceptors (Lipinski definition) is 6. The van der Waals surface area contributed by atoms with Crippen LogP contribution >= 0.6 is 0 Å².